The highest BCUT2D eigenvalue weighted by Crippen LogP contribution is 2.35. The lowest BCUT2D eigenvalue weighted by Crippen LogP contribution is -2.33. The van der Waals surface area contributed by atoms with Crippen LogP contribution in [-0.4, -0.2) is 24.7 Å². The molecule has 1 aromatic heterocycles. The van der Waals surface area contributed by atoms with E-state index in [1.807, 2.05) is 30.3 Å². The van der Waals surface area contributed by atoms with Gasteiger partial charge in [-0.15, -0.1) is 0 Å². The molecule has 5 nitrogen and oxygen atoms in total. The molecule has 5 heteroatoms. The molecule has 0 spiro atoms. The van der Waals surface area contributed by atoms with Crippen LogP contribution in [0.15, 0.2) is 54.9 Å². The highest BCUT2D eigenvalue weighted by atomic mass is 16.5. The molecule has 1 aliphatic heterocycles. The molecule has 1 N–H and O–H groups in total. The van der Waals surface area contributed by atoms with Crippen LogP contribution in [0.3, 0.4) is 0 Å². The summed E-state index contributed by atoms with van der Waals surface area (Å²) in [7, 11) is 1.67. The van der Waals surface area contributed by atoms with Crippen molar-refractivity contribution >= 4 is 28.2 Å². The summed E-state index contributed by atoms with van der Waals surface area (Å²) in [4.78, 5) is 18.4. The van der Waals surface area contributed by atoms with E-state index in [1.165, 1.54) is 10.9 Å². The van der Waals surface area contributed by atoms with Gasteiger partial charge in [-0.25, -0.2) is 4.79 Å². The van der Waals surface area contributed by atoms with E-state index in [2.05, 4.69) is 16.4 Å². The second-order valence-electron chi connectivity index (χ2n) is 5.72. The molecule has 0 aliphatic carbocycles. The summed E-state index contributed by atoms with van der Waals surface area (Å²) in [5.41, 5.74) is 2.87. The molecule has 0 bridgehead atoms. The number of anilines is 2. The third-order valence-electron chi connectivity index (χ3n) is 4.35. The van der Waals surface area contributed by atoms with Gasteiger partial charge in [-0.3, -0.25) is 9.88 Å². The number of amides is 2. The number of methoxy groups -OCH3 is 1. The fraction of sp³-hybridized carbons (Fsp3) is 0.158. The highest BCUT2D eigenvalue weighted by Gasteiger charge is 2.26. The standard InChI is InChI=1S/C19H17N3O2/c1-24-15-5-6-16-13(11-15)4-7-18-17(16)8-10-22(18)19(23)21-14-3-2-9-20-12-14/h2-7,9,11-12H,8,10H2,1H3,(H,21,23). The van der Waals surface area contributed by atoms with Crippen LogP contribution in [0, 0.1) is 0 Å². The third-order valence-corrected chi connectivity index (χ3v) is 4.35. The van der Waals surface area contributed by atoms with Crippen molar-refractivity contribution in [3.8, 4) is 5.75 Å². The van der Waals surface area contributed by atoms with Crippen LogP contribution in [0.5, 0.6) is 5.75 Å². The molecule has 0 atom stereocenters. The molecule has 2 amide bonds. The molecule has 3 aromatic rings. The van der Waals surface area contributed by atoms with Crippen LogP contribution >= 0.6 is 0 Å². The number of nitrogens with one attached hydrogen (secondary N) is 1. The van der Waals surface area contributed by atoms with Gasteiger partial charge < -0.3 is 10.1 Å². The molecule has 0 saturated carbocycles. The largest absolute Gasteiger partial charge is 0.497 e. The number of rotatable bonds is 2. The molecule has 2 aromatic carbocycles. The second-order valence-corrected chi connectivity index (χ2v) is 5.72. The van der Waals surface area contributed by atoms with Gasteiger partial charge in [0.1, 0.15) is 5.75 Å². The first-order valence-corrected chi connectivity index (χ1v) is 7.84. The first-order valence-electron chi connectivity index (χ1n) is 7.84. The van der Waals surface area contributed by atoms with Crippen LogP contribution in [0.2, 0.25) is 0 Å². The van der Waals surface area contributed by atoms with Gasteiger partial charge in [0, 0.05) is 18.4 Å². The van der Waals surface area contributed by atoms with Crippen molar-refractivity contribution in [3.63, 3.8) is 0 Å². The average Bonchev–Trinajstić information content (AvgIpc) is 3.06. The van der Waals surface area contributed by atoms with Crippen LogP contribution in [-0.2, 0) is 6.42 Å². The van der Waals surface area contributed by atoms with Crippen molar-refractivity contribution in [1.29, 1.82) is 0 Å². The number of urea groups is 1. The number of ether oxygens (including phenoxy) is 1. The van der Waals surface area contributed by atoms with Gasteiger partial charge in [0.2, 0.25) is 0 Å². The number of fused-ring (bicyclic) bond motifs is 3. The van der Waals surface area contributed by atoms with Crippen molar-refractivity contribution in [2.75, 3.05) is 23.9 Å². The first-order chi connectivity index (χ1) is 11.8. The zero-order valence-corrected chi connectivity index (χ0v) is 13.3. The number of benzene rings is 2. The molecular weight excluding hydrogens is 302 g/mol. The molecule has 24 heavy (non-hydrogen) atoms. The van der Waals surface area contributed by atoms with E-state index in [4.69, 9.17) is 4.74 Å². The van der Waals surface area contributed by atoms with Gasteiger partial charge in [0.15, 0.2) is 0 Å². The molecule has 120 valence electrons. The molecule has 0 fully saturated rings. The van der Waals surface area contributed by atoms with Gasteiger partial charge in [-0.2, -0.15) is 0 Å². The molecular formula is C19H17N3O2. The van der Waals surface area contributed by atoms with E-state index in [9.17, 15) is 4.79 Å². The van der Waals surface area contributed by atoms with E-state index in [0.717, 1.165) is 23.2 Å². The number of nitrogens with zero attached hydrogens (tertiary/aromatic N) is 2. The Balaban J connectivity index is 1.66. The molecule has 0 radical (unpaired) electrons. The van der Waals surface area contributed by atoms with Crippen molar-refractivity contribution in [1.82, 2.24) is 4.98 Å². The van der Waals surface area contributed by atoms with Gasteiger partial charge in [0.25, 0.3) is 0 Å². The minimum absolute atomic E-state index is 0.130. The fourth-order valence-electron chi connectivity index (χ4n) is 3.19. The van der Waals surface area contributed by atoms with Gasteiger partial charge in [-0.1, -0.05) is 12.1 Å². The van der Waals surface area contributed by atoms with Crippen molar-refractivity contribution in [3.05, 3.63) is 60.4 Å². The molecule has 2 heterocycles. The number of aromatic nitrogens is 1. The van der Waals surface area contributed by atoms with Crippen molar-refractivity contribution in [2.45, 2.75) is 6.42 Å². The zero-order valence-electron chi connectivity index (χ0n) is 13.3. The lowest BCUT2D eigenvalue weighted by atomic mass is 10.0. The Morgan fingerprint density at radius 2 is 2.17 bits per heavy atom. The number of hydrogen-bond acceptors (Lipinski definition) is 3. The Hall–Kier alpha value is -3.08. The number of hydrogen-bond donors (Lipinski definition) is 1. The summed E-state index contributed by atoms with van der Waals surface area (Å²) in [5.74, 6) is 0.839. The Bertz CT molecular complexity index is 909. The third kappa shape index (κ3) is 2.44. The van der Waals surface area contributed by atoms with Crippen LogP contribution < -0.4 is 15.0 Å². The quantitative estimate of drug-likeness (QED) is 0.781. The maximum Gasteiger partial charge on any atom is 0.326 e. The van der Waals surface area contributed by atoms with Crippen LogP contribution in [0.4, 0.5) is 16.2 Å². The maximum absolute atomic E-state index is 12.6. The Morgan fingerprint density at radius 1 is 1.25 bits per heavy atom. The molecule has 1 aliphatic rings. The van der Waals surface area contributed by atoms with Gasteiger partial charge in [-0.05, 0) is 53.1 Å². The van der Waals surface area contributed by atoms with Gasteiger partial charge in [0.05, 0.1) is 19.0 Å². The second kappa shape index (κ2) is 5.85. The number of pyridine rings is 1. The number of carbonyl (C=O) groups excluding carboxylic acids is 1. The lowest BCUT2D eigenvalue weighted by molar-refractivity contribution is 0.257. The van der Waals surface area contributed by atoms with E-state index < -0.39 is 0 Å². The monoisotopic (exact) mass is 319 g/mol. The average molecular weight is 319 g/mol. The van der Waals surface area contributed by atoms with E-state index in [1.54, 1.807) is 30.5 Å². The predicted molar refractivity (Wildman–Crippen MR) is 94.8 cm³/mol. The molecule has 0 unspecified atom stereocenters. The zero-order chi connectivity index (χ0) is 16.5. The van der Waals surface area contributed by atoms with E-state index >= 15 is 0 Å². The maximum atomic E-state index is 12.6. The Kier molecular flexibility index (Phi) is 3.54. The Labute approximate surface area is 139 Å². The van der Waals surface area contributed by atoms with Gasteiger partial charge >= 0.3 is 6.03 Å². The van der Waals surface area contributed by atoms with Crippen LogP contribution in [0.1, 0.15) is 5.56 Å². The summed E-state index contributed by atoms with van der Waals surface area (Å²) < 4.78 is 5.29. The minimum atomic E-state index is -0.130. The summed E-state index contributed by atoms with van der Waals surface area (Å²) >= 11 is 0. The first kappa shape index (κ1) is 14.5. The smallest absolute Gasteiger partial charge is 0.326 e. The summed E-state index contributed by atoms with van der Waals surface area (Å²) in [6, 6.07) is 13.6. The lowest BCUT2D eigenvalue weighted by Gasteiger charge is -2.18. The molecule has 0 saturated heterocycles. The van der Waals surface area contributed by atoms with Crippen LogP contribution in [0.25, 0.3) is 10.8 Å². The molecule has 4 rings (SSSR count). The Morgan fingerprint density at radius 3 is 2.96 bits per heavy atom. The SMILES string of the molecule is COc1ccc2c3c(ccc2c1)N(C(=O)Nc1cccnc1)CC3. The minimum Gasteiger partial charge on any atom is -0.497 e. The highest BCUT2D eigenvalue weighted by molar-refractivity contribution is 6.05. The van der Waals surface area contributed by atoms with E-state index in [0.29, 0.717) is 12.2 Å². The van der Waals surface area contributed by atoms with Crippen molar-refractivity contribution in [2.24, 2.45) is 0 Å². The van der Waals surface area contributed by atoms with Crippen molar-refractivity contribution < 1.29 is 9.53 Å². The topological polar surface area (TPSA) is 54.5 Å². The number of carbonyl (C=O) groups is 1. The summed E-state index contributed by atoms with van der Waals surface area (Å²) in [6.07, 6.45) is 4.17. The fourth-order valence-corrected chi connectivity index (χ4v) is 3.19. The predicted octanol–water partition coefficient (Wildman–Crippen LogP) is 3.84. The summed E-state index contributed by atoms with van der Waals surface area (Å²) in [5, 5.41) is 5.19. The van der Waals surface area contributed by atoms with E-state index in [-0.39, 0.29) is 6.03 Å². The normalized spacial score (nSPS) is 13.0. The summed E-state index contributed by atoms with van der Waals surface area (Å²) in [6.45, 7) is 0.673.